The van der Waals surface area contributed by atoms with Crippen LogP contribution in [0.2, 0.25) is 0 Å². The molecule has 0 aliphatic carbocycles. The van der Waals surface area contributed by atoms with Gasteiger partial charge >= 0.3 is 0 Å². The van der Waals surface area contributed by atoms with Gasteiger partial charge in [0, 0.05) is 11.6 Å². The lowest BCUT2D eigenvalue weighted by Crippen LogP contribution is -2.40. The fourth-order valence-corrected chi connectivity index (χ4v) is 2.27. The summed E-state index contributed by atoms with van der Waals surface area (Å²) in [4.78, 5) is 23.9. The van der Waals surface area contributed by atoms with E-state index in [1.165, 1.54) is 6.08 Å². The van der Waals surface area contributed by atoms with Crippen molar-refractivity contribution in [2.45, 2.75) is 26.2 Å². The standard InChI is InChI=1S/C21H24N2O3/c1-21(2,3)17-11-9-16(10-12-17)20(25)23-22-19(24)13-8-15-6-5-7-18(14-15)26-4/h5-14H,1-4H3,(H,22,24)(H,23,25)/b13-8+. The number of hydrazine groups is 1. The molecule has 2 aromatic carbocycles. The zero-order chi connectivity index (χ0) is 19.2. The Labute approximate surface area is 154 Å². The van der Waals surface area contributed by atoms with Crippen molar-refractivity contribution < 1.29 is 14.3 Å². The van der Waals surface area contributed by atoms with Crippen LogP contribution in [0.5, 0.6) is 5.75 Å². The first-order valence-electron chi connectivity index (χ1n) is 8.32. The molecule has 5 nitrogen and oxygen atoms in total. The van der Waals surface area contributed by atoms with Gasteiger partial charge in [-0.2, -0.15) is 0 Å². The molecule has 0 aromatic heterocycles. The molecule has 0 spiro atoms. The van der Waals surface area contributed by atoms with Gasteiger partial charge in [-0.3, -0.25) is 20.4 Å². The first-order chi connectivity index (χ1) is 12.3. The quantitative estimate of drug-likeness (QED) is 0.654. The number of carbonyl (C=O) groups excluding carboxylic acids is 2. The van der Waals surface area contributed by atoms with Crippen LogP contribution in [0.3, 0.4) is 0 Å². The van der Waals surface area contributed by atoms with Gasteiger partial charge in [-0.05, 0) is 46.9 Å². The van der Waals surface area contributed by atoms with E-state index in [1.807, 2.05) is 30.3 Å². The minimum atomic E-state index is -0.424. The molecule has 2 aromatic rings. The van der Waals surface area contributed by atoms with Crippen LogP contribution in [0.15, 0.2) is 54.6 Å². The molecule has 0 heterocycles. The van der Waals surface area contributed by atoms with E-state index in [0.29, 0.717) is 11.3 Å². The van der Waals surface area contributed by atoms with Gasteiger partial charge in [-0.1, -0.05) is 45.0 Å². The van der Waals surface area contributed by atoms with Gasteiger partial charge in [0.25, 0.3) is 11.8 Å². The van der Waals surface area contributed by atoms with E-state index in [-0.39, 0.29) is 11.3 Å². The summed E-state index contributed by atoms with van der Waals surface area (Å²) in [5, 5.41) is 0. The number of methoxy groups -OCH3 is 1. The lowest BCUT2D eigenvalue weighted by atomic mass is 9.87. The normalized spacial score (nSPS) is 11.2. The molecular formula is C21H24N2O3. The predicted molar refractivity (Wildman–Crippen MR) is 103 cm³/mol. The SMILES string of the molecule is COc1cccc(/C=C/C(=O)NNC(=O)c2ccc(C(C)(C)C)cc2)c1. The van der Waals surface area contributed by atoms with Gasteiger partial charge in [-0.15, -0.1) is 0 Å². The second-order valence-electron chi connectivity index (χ2n) is 6.88. The van der Waals surface area contributed by atoms with E-state index in [1.54, 1.807) is 31.4 Å². The number of carbonyl (C=O) groups is 2. The lowest BCUT2D eigenvalue weighted by Gasteiger charge is -2.19. The molecule has 0 fully saturated rings. The Kier molecular flexibility index (Phi) is 6.17. The summed E-state index contributed by atoms with van der Waals surface area (Å²) >= 11 is 0. The highest BCUT2D eigenvalue weighted by atomic mass is 16.5. The second-order valence-corrected chi connectivity index (χ2v) is 6.88. The Morgan fingerprint density at radius 2 is 1.69 bits per heavy atom. The summed E-state index contributed by atoms with van der Waals surface area (Å²) in [5.41, 5.74) is 7.23. The van der Waals surface area contributed by atoms with Gasteiger partial charge in [0.15, 0.2) is 0 Å². The molecule has 5 heteroatoms. The van der Waals surface area contributed by atoms with Crippen LogP contribution in [0.25, 0.3) is 6.08 Å². The van der Waals surface area contributed by atoms with Gasteiger partial charge in [0.05, 0.1) is 7.11 Å². The largest absolute Gasteiger partial charge is 0.497 e. The van der Waals surface area contributed by atoms with Crippen molar-refractivity contribution in [3.63, 3.8) is 0 Å². The molecular weight excluding hydrogens is 328 g/mol. The van der Waals surface area contributed by atoms with Gasteiger partial charge in [0.2, 0.25) is 0 Å². The van der Waals surface area contributed by atoms with Gasteiger partial charge in [-0.25, -0.2) is 0 Å². The third kappa shape index (κ3) is 5.48. The highest BCUT2D eigenvalue weighted by Gasteiger charge is 2.14. The number of hydrogen-bond acceptors (Lipinski definition) is 3. The molecule has 136 valence electrons. The van der Waals surface area contributed by atoms with Gasteiger partial charge in [0.1, 0.15) is 5.75 Å². The third-order valence-electron chi connectivity index (χ3n) is 3.83. The first kappa shape index (κ1) is 19.2. The Morgan fingerprint density at radius 3 is 2.31 bits per heavy atom. The molecule has 0 saturated heterocycles. The molecule has 0 bridgehead atoms. The van der Waals surface area contributed by atoms with E-state index in [2.05, 4.69) is 31.6 Å². The maximum absolute atomic E-state index is 12.1. The Morgan fingerprint density at radius 1 is 1.00 bits per heavy atom. The van der Waals surface area contributed by atoms with Crippen molar-refractivity contribution in [2.75, 3.05) is 7.11 Å². The summed E-state index contributed by atoms with van der Waals surface area (Å²) in [5.74, 6) is -0.0827. The highest BCUT2D eigenvalue weighted by molar-refractivity contribution is 5.97. The van der Waals surface area contributed by atoms with E-state index in [4.69, 9.17) is 4.74 Å². The number of benzene rings is 2. The summed E-state index contributed by atoms with van der Waals surface area (Å²) in [6, 6.07) is 14.6. The number of rotatable bonds is 4. The van der Waals surface area contributed by atoms with Crippen LogP contribution >= 0.6 is 0 Å². The van der Waals surface area contributed by atoms with Crippen molar-refractivity contribution in [1.82, 2.24) is 10.9 Å². The fraction of sp³-hybridized carbons (Fsp3) is 0.238. The van der Waals surface area contributed by atoms with Crippen molar-refractivity contribution in [2.24, 2.45) is 0 Å². The topological polar surface area (TPSA) is 67.4 Å². The van der Waals surface area contributed by atoms with E-state index in [0.717, 1.165) is 11.1 Å². The van der Waals surface area contributed by atoms with Crippen LogP contribution in [-0.2, 0) is 10.2 Å². The average molecular weight is 352 g/mol. The zero-order valence-corrected chi connectivity index (χ0v) is 15.5. The minimum Gasteiger partial charge on any atom is -0.497 e. The lowest BCUT2D eigenvalue weighted by molar-refractivity contribution is -0.117. The zero-order valence-electron chi connectivity index (χ0n) is 15.5. The molecule has 2 amide bonds. The highest BCUT2D eigenvalue weighted by Crippen LogP contribution is 2.22. The molecule has 2 rings (SSSR count). The van der Waals surface area contributed by atoms with Crippen LogP contribution in [0.1, 0.15) is 42.3 Å². The van der Waals surface area contributed by atoms with Crippen LogP contribution in [-0.4, -0.2) is 18.9 Å². The molecule has 2 N–H and O–H groups in total. The summed E-state index contributed by atoms with van der Waals surface area (Å²) < 4.78 is 5.13. The minimum absolute atomic E-state index is 0.0220. The van der Waals surface area contributed by atoms with E-state index >= 15 is 0 Å². The van der Waals surface area contributed by atoms with Crippen LogP contribution in [0.4, 0.5) is 0 Å². The van der Waals surface area contributed by atoms with Crippen LogP contribution < -0.4 is 15.6 Å². The number of amides is 2. The molecule has 0 atom stereocenters. The molecule has 26 heavy (non-hydrogen) atoms. The van der Waals surface area contributed by atoms with Crippen LogP contribution in [0, 0.1) is 0 Å². The second kappa shape index (κ2) is 8.34. The molecule has 0 radical (unpaired) electrons. The predicted octanol–water partition coefficient (Wildman–Crippen LogP) is 3.47. The smallest absolute Gasteiger partial charge is 0.269 e. The molecule has 0 aliphatic rings. The Bertz CT molecular complexity index is 803. The molecule has 0 saturated carbocycles. The number of ether oxygens (including phenoxy) is 1. The van der Waals surface area contributed by atoms with Crippen molar-refractivity contribution in [1.29, 1.82) is 0 Å². The summed E-state index contributed by atoms with van der Waals surface area (Å²) in [7, 11) is 1.58. The van der Waals surface area contributed by atoms with Crippen molar-refractivity contribution >= 4 is 17.9 Å². The number of nitrogens with one attached hydrogen (secondary N) is 2. The van der Waals surface area contributed by atoms with Gasteiger partial charge < -0.3 is 4.74 Å². The Hall–Kier alpha value is -3.08. The molecule has 0 unspecified atom stereocenters. The third-order valence-corrected chi connectivity index (χ3v) is 3.83. The van der Waals surface area contributed by atoms with E-state index in [9.17, 15) is 9.59 Å². The number of hydrogen-bond donors (Lipinski definition) is 2. The van der Waals surface area contributed by atoms with Crippen molar-refractivity contribution in [3.8, 4) is 5.75 Å². The maximum Gasteiger partial charge on any atom is 0.269 e. The average Bonchev–Trinajstić information content (AvgIpc) is 2.64. The van der Waals surface area contributed by atoms with E-state index < -0.39 is 5.91 Å². The monoisotopic (exact) mass is 352 g/mol. The Balaban J connectivity index is 1.90. The summed E-state index contributed by atoms with van der Waals surface area (Å²) in [6.45, 7) is 6.32. The summed E-state index contributed by atoms with van der Waals surface area (Å²) in [6.07, 6.45) is 2.99. The molecule has 0 aliphatic heterocycles. The first-order valence-corrected chi connectivity index (χ1v) is 8.32. The fourth-order valence-electron chi connectivity index (χ4n) is 2.27. The van der Waals surface area contributed by atoms with Crippen molar-refractivity contribution in [3.05, 3.63) is 71.3 Å². The maximum atomic E-state index is 12.1.